The van der Waals surface area contributed by atoms with Gasteiger partial charge in [-0.1, -0.05) is 32.6 Å². The fourth-order valence-corrected chi connectivity index (χ4v) is 4.51. The molecule has 2 fully saturated rings. The summed E-state index contributed by atoms with van der Waals surface area (Å²) < 4.78 is 0. The predicted octanol–water partition coefficient (Wildman–Crippen LogP) is 2.62. The van der Waals surface area contributed by atoms with Crippen LogP contribution in [0, 0.1) is 11.8 Å². The van der Waals surface area contributed by atoms with Crippen molar-refractivity contribution in [2.45, 2.75) is 51.5 Å². The van der Waals surface area contributed by atoms with E-state index in [4.69, 9.17) is 5.11 Å². The maximum Gasteiger partial charge on any atom is 0.305 e. The van der Waals surface area contributed by atoms with Gasteiger partial charge in [0.2, 0.25) is 5.91 Å². The fourth-order valence-electron chi connectivity index (χ4n) is 3.45. The zero-order chi connectivity index (χ0) is 14.5. The summed E-state index contributed by atoms with van der Waals surface area (Å²) in [5, 5.41) is 8.99. The Morgan fingerprint density at radius 3 is 2.70 bits per heavy atom. The normalized spacial score (nSPS) is 25.6. The van der Waals surface area contributed by atoms with Crippen molar-refractivity contribution in [3.63, 3.8) is 0 Å². The van der Waals surface area contributed by atoms with Crippen molar-refractivity contribution in [1.82, 2.24) is 4.90 Å². The lowest BCUT2D eigenvalue weighted by molar-refractivity contribution is -0.142. The minimum atomic E-state index is -0.807. The van der Waals surface area contributed by atoms with E-state index in [1.54, 1.807) is 11.8 Å². The van der Waals surface area contributed by atoms with Gasteiger partial charge in [0.15, 0.2) is 0 Å². The smallest absolute Gasteiger partial charge is 0.305 e. The topological polar surface area (TPSA) is 57.6 Å². The molecule has 0 radical (unpaired) electrons. The highest BCUT2D eigenvalue weighted by Gasteiger charge is 2.32. The third-order valence-corrected chi connectivity index (χ3v) is 5.60. The monoisotopic (exact) mass is 299 g/mol. The van der Waals surface area contributed by atoms with Crippen molar-refractivity contribution in [3.05, 3.63) is 0 Å². The van der Waals surface area contributed by atoms with Crippen LogP contribution in [0.1, 0.15) is 45.4 Å². The Bertz CT molecular complexity index is 355. The molecule has 4 nitrogen and oxygen atoms in total. The predicted molar refractivity (Wildman–Crippen MR) is 80.8 cm³/mol. The van der Waals surface area contributed by atoms with E-state index in [1.807, 2.05) is 11.8 Å². The van der Waals surface area contributed by atoms with Gasteiger partial charge in [0.25, 0.3) is 0 Å². The Morgan fingerprint density at radius 1 is 1.35 bits per heavy atom. The Labute approximate surface area is 125 Å². The summed E-state index contributed by atoms with van der Waals surface area (Å²) >= 11 is 1.75. The van der Waals surface area contributed by atoms with Crippen LogP contribution in [0.3, 0.4) is 0 Å². The molecule has 1 saturated heterocycles. The summed E-state index contributed by atoms with van der Waals surface area (Å²) in [6.45, 7) is 2.72. The van der Waals surface area contributed by atoms with Crippen molar-refractivity contribution in [2.75, 3.05) is 18.1 Å². The largest absolute Gasteiger partial charge is 0.481 e. The van der Waals surface area contributed by atoms with E-state index in [2.05, 4.69) is 0 Å². The highest BCUT2D eigenvalue weighted by atomic mass is 32.2. The van der Waals surface area contributed by atoms with Gasteiger partial charge in [-0.3, -0.25) is 9.59 Å². The Hall–Kier alpha value is -0.710. The molecule has 5 heteroatoms. The van der Waals surface area contributed by atoms with Crippen LogP contribution in [-0.2, 0) is 9.59 Å². The Morgan fingerprint density at radius 2 is 2.05 bits per heavy atom. The maximum atomic E-state index is 12.6. The van der Waals surface area contributed by atoms with Crippen LogP contribution in [0.15, 0.2) is 0 Å². The summed E-state index contributed by atoms with van der Waals surface area (Å²) in [5.41, 5.74) is 0. The summed E-state index contributed by atoms with van der Waals surface area (Å²) in [6, 6.07) is -0.121. The Kier molecular flexibility index (Phi) is 5.75. The average molecular weight is 299 g/mol. The van der Waals surface area contributed by atoms with E-state index in [1.165, 1.54) is 25.7 Å². The highest BCUT2D eigenvalue weighted by Crippen LogP contribution is 2.31. The summed E-state index contributed by atoms with van der Waals surface area (Å²) in [4.78, 5) is 25.4. The average Bonchev–Trinajstić information content (AvgIpc) is 2.90. The molecule has 1 saturated carbocycles. The lowest BCUT2D eigenvalue weighted by atomic mass is 9.93. The van der Waals surface area contributed by atoms with Crippen LogP contribution < -0.4 is 0 Å². The lowest BCUT2D eigenvalue weighted by Gasteiger charge is -2.36. The molecule has 2 unspecified atom stereocenters. The third-order valence-electron chi connectivity index (χ3n) is 4.50. The first-order valence-corrected chi connectivity index (χ1v) is 8.83. The van der Waals surface area contributed by atoms with Crippen LogP contribution in [0.25, 0.3) is 0 Å². The van der Waals surface area contributed by atoms with Crippen molar-refractivity contribution in [1.29, 1.82) is 0 Å². The van der Waals surface area contributed by atoms with E-state index < -0.39 is 5.97 Å². The number of carboxylic acids is 1. The van der Waals surface area contributed by atoms with Gasteiger partial charge in [0.1, 0.15) is 0 Å². The molecule has 0 bridgehead atoms. The minimum absolute atomic E-state index is 0.0393. The second-order valence-electron chi connectivity index (χ2n) is 6.15. The molecule has 0 aromatic carbocycles. The standard InChI is InChI=1S/C15H25NO3S/c1-11(8-12-4-2-3-5-12)15(19)16-6-7-20-10-13(16)9-14(17)18/h11-13H,2-10H2,1H3,(H,17,18). The van der Waals surface area contributed by atoms with Gasteiger partial charge >= 0.3 is 5.97 Å². The van der Waals surface area contributed by atoms with Crippen molar-refractivity contribution >= 4 is 23.6 Å². The molecule has 2 aliphatic rings. The molecule has 1 aliphatic heterocycles. The fraction of sp³-hybridized carbons (Fsp3) is 0.867. The van der Waals surface area contributed by atoms with E-state index in [-0.39, 0.29) is 24.3 Å². The lowest BCUT2D eigenvalue weighted by Crippen LogP contribution is -2.49. The molecular weight excluding hydrogens is 274 g/mol. The molecule has 1 aliphatic carbocycles. The Balaban J connectivity index is 1.91. The van der Waals surface area contributed by atoms with Crippen LogP contribution in [0.4, 0.5) is 0 Å². The van der Waals surface area contributed by atoms with E-state index in [9.17, 15) is 9.59 Å². The van der Waals surface area contributed by atoms with E-state index in [0.717, 1.165) is 17.9 Å². The van der Waals surface area contributed by atoms with Crippen LogP contribution >= 0.6 is 11.8 Å². The number of aliphatic carboxylic acids is 1. The zero-order valence-electron chi connectivity index (χ0n) is 12.2. The molecule has 1 amide bonds. The van der Waals surface area contributed by atoms with Gasteiger partial charge in [0.05, 0.1) is 12.5 Å². The molecule has 2 rings (SSSR count). The number of hydrogen-bond donors (Lipinski definition) is 1. The molecule has 0 spiro atoms. The summed E-state index contributed by atoms with van der Waals surface area (Å²) in [6.07, 6.45) is 6.16. The zero-order valence-corrected chi connectivity index (χ0v) is 13.0. The number of nitrogens with zero attached hydrogens (tertiary/aromatic N) is 1. The highest BCUT2D eigenvalue weighted by molar-refractivity contribution is 7.99. The maximum absolute atomic E-state index is 12.6. The van der Waals surface area contributed by atoms with E-state index in [0.29, 0.717) is 12.5 Å². The first-order valence-electron chi connectivity index (χ1n) is 7.68. The summed E-state index contributed by atoms with van der Waals surface area (Å²) in [7, 11) is 0. The second kappa shape index (κ2) is 7.34. The van der Waals surface area contributed by atoms with Crippen LogP contribution in [0.2, 0.25) is 0 Å². The van der Waals surface area contributed by atoms with Crippen LogP contribution in [-0.4, -0.2) is 46.0 Å². The molecular formula is C15H25NO3S. The van der Waals surface area contributed by atoms with Gasteiger partial charge in [-0.05, 0) is 12.3 Å². The SMILES string of the molecule is CC(CC1CCCC1)C(=O)N1CCSCC1CC(=O)O. The number of carbonyl (C=O) groups excluding carboxylic acids is 1. The van der Waals surface area contributed by atoms with Crippen molar-refractivity contribution in [3.8, 4) is 0 Å². The molecule has 1 N–H and O–H groups in total. The number of hydrogen-bond acceptors (Lipinski definition) is 3. The molecule has 2 atom stereocenters. The molecule has 0 aromatic heterocycles. The number of thioether (sulfide) groups is 1. The first-order chi connectivity index (χ1) is 9.58. The number of rotatable bonds is 5. The van der Waals surface area contributed by atoms with Gasteiger partial charge in [0, 0.05) is 24.0 Å². The van der Waals surface area contributed by atoms with Gasteiger partial charge in [-0.15, -0.1) is 0 Å². The molecule has 1 heterocycles. The van der Waals surface area contributed by atoms with Gasteiger partial charge in [-0.25, -0.2) is 0 Å². The first kappa shape index (κ1) is 15.7. The van der Waals surface area contributed by atoms with E-state index >= 15 is 0 Å². The van der Waals surface area contributed by atoms with Gasteiger partial charge < -0.3 is 10.0 Å². The van der Waals surface area contributed by atoms with Crippen LogP contribution in [0.5, 0.6) is 0 Å². The second-order valence-corrected chi connectivity index (χ2v) is 7.30. The minimum Gasteiger partial charge on any atom is -0.481 e. The quantitative estimate of drug-likeness (QED) is 0.848. The number of carbonyl (C=O) groups is 2. The van der Waals surface area contributed by atoms with Crippen molar-refractivity contribution < 1.29 is 14.7 Å². The molecule has 20 heavy (non-hydrogen) atoms. The van der Waals surface area contributed by atoms with Gasteiger partial charge in [-0.2, -0.15) is 11.8 Å². The summed E-state index contributed by atoms with van der Waals surface area (Å²) in [5.74, 6) is 1.79. The number of carboxylic acid groups (broad SMARTS) is 1. The van der Waals surface area contributed by atoms with Crippen molar-refractivity contribution in [2.24, 2.45) is 11.8 Å². The third kappa shape index (κ3) is 4.14. The molecule has 114 valence electrons. The molecule has 0 aromatic rings. The number of amides is 1.